The molecule has 0 aliphatic carbocycles. The normalized spacial score (nSPS) is 12.9. The van der Waals surface area contributed by atoms with Crippen LogP contribution in [0.3, 0.4) is 0 Å². The second-order valence-electron chi connectivity index (χ2n) is 12.6. The van der Waals surface area contributed by atoms with Gasteiger partial charge in [0.2, 0.25) is 0 Å². The Labute approximate surface area is 299 Å². The van der Waals surface area contributed by atoms with Crippen molar-refractivity contribution in [3.8, 4) is 34.4 Å². The summed E-state index contributed by atoms with van der Waals surface area (Å²) in [6, 6.07) is 20.2. The molecular weight excluding hydrogens is 648 g/mol. The van der Waals surface area contributed by atoms with Crippen molar-refractivity contribution in [1.82, 2.24) is 25.2 Å². The smallest absolute Gasteiger partial charge is 0.142 e. The van der Waals surface area contributed by atoms with E-state index in [0.717, 1.165) is 63.5 Å². The Balaban J connectivity index is 1.16. The molecule has 3 heterocycles. The number of hydrogen-bond acceptors (Lipinski definition) is 8. The third-order valence-corrected chi connectivity index (χ3v) is 9.37. The molecule has 0 saturated carbocycles. The molecule has 5 aromatic rings. The summed E-state index contributed by atoms with van der Waals surface area (Å²) in [4.78, 5) is 14.1. The van der Waals surface area contributed by atoms with E-state index >= 15 is 0 Å². The van der Waals surface area contributed by atoms with Gasteiger partial charge < -0.3 is 29.4 Å². The topological polar surface area (TPSA) is 108 Å². The largest absolute Gasteiger partial charge is 0.493 e. The average Bonchev–Trinajstić information content (AvgIpc) is 3.86. The fraction of sp³-hybridized carbons (Fsp3) is 0.325. The molecule has 1 aliphatic rings. The first-order valence-electron chi connectivity index (χ1n) is 17.1. The number of nitrogens with zero attached hydrogens (tertiary/aromatic N) is 4. The molecule has 9 nitrogen and oxygen atoms in total. The van der Waals surface area contributed by atoms with Gasteiger partial charge in [-0.2, -0.15) is 5.26 Å². The Morgan fingerprint density at radius 1 is 0.880 bits per heavy atom. The maximum absolute atomic E-state index is 9.30. The van der Waals surface area contributed by atoms with Crippen LogP contribution >= 0.6 is 11.6 Å². The van der Waals surface area contributed by atoms with Crippen LogP contribution in [0.4, 0.5) is 0 Å². The number of pyridine rings is 1. The lowest BCUT2D eigenvalue weighted by atomic mass is 9.93. The molecule has 10 heteroatoms. The molecule has 0 bridgehead atoms. The van der Waals surface area contributed by atoms with Gasteiger partial charge in [-0.05, 0) is 92.2 Å². The molecule has 0 radical (unpaired) electrons. The first-order chi connectivity index (χ1) is 24.5. The molecule has 1 fully saturated rings. The maximum Gasteiger partial charge on any atom is 0.142 e. The highest BCUT2D eigenvalue weighted by atomic mass is 35.5. The predicted molar refractivity (Wildman–Crippen MR) is 195 cm³/mol. The van der Waals surface area contributed by atoms with Crippen LogP contribution in [0.5, 0.6) is 17.2 Å². The predicted octanol–water partition coefficient (Wildman–Crippen LogP) is 7.93. The minimum absolute atomic E-state index is 0.233. The number of hydrogen-bond donors (Lipinski definition) is 2. The summed E-state index contributed by atoms with van der Waals surface area (Å²) in [7, 11) is 0. The van der Waals surface area contributed by atoms with Crippen LogP contribution in [-0.4, -0.2) is 46.1 Å². The van der Waals surface area contributed by atoms with Gasteiger partial charge in [-0.25, -0.2) is 4.98 Å². The minimum Gasteiger partial charge on any atom is -0.493 e. The van der Waals surface area contributed by atoms with E-state index in [2.05, 4.69) is 81.5 Å². The van der Waals surface area contributed by atoms with E-state index in [4.69, 9.17) is 25.8 Å². The van der Waals surface area contributed by atoms with E-state index in [1.807, 2.05) is 12.1 Å². The fourth-order valence-corrected chi connectivity index (χ4v) is 6.53. The lowest BCUT2D eigenvalue weighted by Gasteiger charge is -2.18. The highest BCUT2D eigenvalue weighted by molar-refractivity contribution is 6.32. The zero-order valence-corrected chi connectivity index (χ0v) is 29.4. The molecule has 1 aliphatic heterocycles. The third-order valence-electron chi connectivity index (χ3n) is 9.07. The molecule has 0 spiro atoms. The minimum atomic E-state index is 0.233. The van der Waals surface area contributed by atoms with Gasteiger partial charge in [0.15, 0.2) is 0 Å². The number of nitrogens with one attached hydrogen (secondary N) is 2. The van der Waals surface area contributed by atoms with Crippen molar-refractivity contribution in [3.05, 3.63) is 124 Å². The molecule has 6 rings (SSSR count). The Hall–Kier alpha value is -4.88. The number of rotatable bonds is 16. The van der Waals surface area contributed by atoms with E-state index in [1.54, 1.807) is 24.7 Å². The summed E-state index contributed by atoms with van der Waals surface area (Å²) in [5.74, 6) is 2.90. The van der Waals surface area contributed by atoms with Gasteiger partial charge >= 0.3 is 0 Å². The molecule has 50 heavy (non-hydrogen) atoms. The monoisotopic (exact) mass is 690 g/mol. The van der Waals surface area contributed by atoms with Crippen LogP contribution in [0.25, 0.3) is 11.1 Å². The number of imidazole rings is 1. The SMILES string of the molecule is Cc1c(COc2cc(OCc3cncc(C#N)c3)c(CNCc3ncc[nH]3)cc2Cl)cccc1-c1cccc(OCCCN2CCCC2)c1C. The van der Waals surface area contributed by atoms with Crippen LogP contribution in [0, 0.1) is 25.2 Å². The van der Waals surface area contributed by atoms with Crippen molar-refractivity contribution >= 4 is 11.6 Å². The second kappa shape index (κ2) is 17.2. The first kappa shape index (κ1) is 35.0. The molecular formula is C40H43ClN6O3. The van der Waals surface area contributed by atoms with Crippen LogP contribution in [0.2, 0.25) is 5.02 Å². The number of nitriles is 1. The lowest BCUT2D eigenvalue weighted by Crippen LogP contribution is -2.22. The van der Waals surface area contributed by atoms with Gasteiger partial charge in [-0.15, -0.1) is 0 Å². The fourth-order valence-electron chi connectivity index (χ4n) is 6.28. The number of benzene rings is 3. The van der Waals surface area contributed by atoms with Gasteiger partial charge in [0.25, 0.3) is 0 Å². The number of likely N-dealkylation sites (tertiary alicyclic amines) is 1. The Kier molecular flexibility index (Phi) is 12.0. The summed E-state index contributed by atoms with van der Waals surface area (Å²) >= 11 is 6.81. The van der Waals surface area contributed by atoms with Crippen molar-refractivity contribution in [2.75, 3.05) is 26.2 Å². The van der Waals surface area contributed by atoms with Gasteiger partial charge in [0, 0.05) is 55.1 Å². The van der Waals surface area contributed by atoms with E-state index in [9.17, 15) is 5.26 Å². The molecule has 258 valence electrons. The molecule has 2 N–H and O–H groups in total. The molecule has 1 saturated heterocycles. The van der Waals surface area contributed by atoms with E-state index < -0.39 is 0 Å². The first-order valence-corrected chi connectivity index (χ1v) is 17.5. The lowest BCUT2D eigenvalue weighted by molar-refractivity contribution is 0.262. The Morgan fingerprint density at radius 2 is 1.68 bits per heavy atom. The van der Waals surface area contributed by atoms with Gasteiger partial charge in [0.05, 0.1) is 23.7 Å². The standard InChI is InChI=1S/C40H43ClN6O3/c1-28-32(8-5-9-34(28)35-10-6-11-37(29(35)2)48-17-7-16-47-14-3-4-15-47)27-50-39-20-38(49-26-31-18-30(21-42)22-43-23-31)33(19-36(39)41)24-44-25-40-45-12-13-46-40/h5-6,8-13,18-20,22-23,44H,3-4,7,14-17,24-27H2,1-2H3,(H,45,46). The van der Waals surface area contributed by atoms with Crippen molar-refractivity contribution in [2.24, 2.45) is 0 Å². The highest BCUT2D eigenvalue weighted by Crippen LogP contribution is 2.36. The molecule has 0 amide bonds. The second-order valence-corrected chi connectivity index (χ2v) is 13.0. The number of halogens is 1. The van der Waals surface area contributed by atoms with Crippen LogP contribution in [-0.2, 0) is 26.3 Å². The average molecular weight is 691 g/mol. The summed E-state index contributed by atoms with van der Waals surface area (Å²) in [5.41, 5.74) is 7.75. The van der Waals surface area contributed by atoms with Crippen molar-refractivity contribution in [3.63, 3.8) is 0 Å². The van der Waals surface area contributed by atoms with Gasteiger partial charge in [-0.3, -0.25) is 4.98 Å². The van der Waals surface area contributed by atoms with Gasteiger partial charge in [-0.1, -0.05) is 41.9 Å². The molecule has 0 atom stereocenters. The highest BCUT2D eigenvalue weighted by Gasteiger charge is 2.16. The van der Waals surface area contributed by atoms with E-state index in [-0.39, 0.29) is 6.61 Å². The van der Waals surface area contributed by atoms with Crippen molar-refractivity contribution in [2.45, 2.75) is 59.4 Å². The van der Waals surface area contributed by atoms with Crippen LogP contribution < -0.4 is 19.5 Å². The number of aromatic amines is 1. The quantitative estimate of drug-likeness (QED) is 0.101. The molecule has 3 aromatic carbocycles. The zero-order valence-electron chi connectivity index (χ0n) is 28.7. The van der Waals surface area contributed by atoms with Crippen molar-refractivity contribution < 1.29 is 14.2 Å². The van der Waals surface area contributed by atoms with E-state index in [1.165, 1.54) is 32.1 Å². The van der Waals surface area contributed by atoms with Crippen LogP contribution in [0.1, 0.15) is 58.5 Å². The molecule has 0 unspecified atom stereocenters. The summed E-state index contributed by atoms with van der Waals surface area (Å²) in [5, 5.41) is 13.2. The van der Waals surface area contributed by atoms with Gasteiger partial charge in [0.1, 0.15) is 42.4 Å². The summed E-state index contributed by atoms with van der Waals surface area (Å²) < 4.78 is 18.9. The zero-order chi connectivity index (χ0) is 34.7. The van der Waals surface area contributed by atoms with E-state index in [0.29, 0.717) is 48.4 Å². The van der Waals surface area contributed by atoms with Crippen LogP contribution in [0.15, 0.2) is 79.4 Å². The van der Waals surface area contributed by atoms with Crippen molar-refractivity contribution in [1.29, 1.82) is 5.26 Å². The number of H-pyrrole nitrogens is 1. The maximum atomic E-state index is 9.30. The Morgan fingerprint density at radius 3 is 2.48 bits per heavy atom. The third kappa shape index (κ3) is 9.01. The number of aromatic nitrogens is 3. The Bertz CT molecular complexity index is 1920. The summed E-state index contributed by atoms with van der Waals surface area (Å²) in [6.07, 6.45) is 10.4. The summed E-state index contributed by atoms with van der Waals surface area (Å²) in [6.45, 7) is 10.1. The molecule has 2 aromatic heterocycles. The number of ether oxygens (including phenoxy) is 3.